The zero-order valence-corrected chi connectivity index (χ0v) is 11.4. The molecule has 0 saturated carbocycles. The Morgan fingerprint density at radius 3 is 2.75 bits per heavy atom. The Morgan fingerprint density at radius 2 is 2.20 bits per heavy atom. The molecule has 1 saturated heterocycles. The van der Waals surface area contributed by atoms with Crippen LogP contribution in [0.5, 0.6) is 0 Å². The molecule has 0 bridgehead atoms. The highest BCUT2D eigenvalue weighted by molar-refractivity contribution is 5.92. The molecule has 1 aliphatic heterocycles. The number of nitrogens with zero attached hydrogens (tertiary/aromatic N) is 2. The number of carbonyl (C=O) groups is 2. The first-order chi connectivity index (χ1) is 9.58. The summed E-state index contributed by atoms with van der Waals surface area (Å²) in [5, 5.41) is 8.54. The third-order valence-electron chi connectivity index (χ3n) is 3.34. The number of ether oxygens (including phenoxy) is 1. The van der Waals surface area contributed by atoms with E-state index < -0.39 is 5.97 Å². The van der Waals surface area contributed by atoms with Crippen LogP contribution >= 0.6 is 0 Å². The lowest BCUT2D eigenvalue weighted by Crippen LogP contribution is -2.41. The number of oxazole rings is 1. The number of amides is 1. The first-order valence-electron chi connectivity index (χ1n) is 6.60. The largest absolute Gasteiger partial charge is 0.481 e. The van der Waals surface area contributed by atoms with Crippen LogP contribution in [0, 0.1) is 6.92 Å². The van der Waals surface area contributed by atoms with Crippen LogP contribution in [0.15, 0.2) is 10.8 Å². The third kappa shape index (κ3) is 3.57. The van der Waals surface area contributed by atoms with Gasteiger partial charge in [-0.15, -0.1) is 0 Å². The Morgan fingerprint density at radius 1 is 1.50 bits per heavy atom. The van der Waals surface area contributed by atoms with Gasteiger partial charge in [-0.05, 0) is 19.8 Å². The highest BCUT2D eigenvalue weighted by atomic mass is 16.5. The molecular formula is C13H18N2O5. The maximum Gasteiger partial charge on any atom is 0.305 e. The molecule has 0 aliphatic carbocycles. The molecule has 1 aliphatic rings. The zero-order valence-electron chi connectivity index (χ0n) is 11.4. The van der Waals surface area contributed by atoms with Crippen LogP contribution in [0.25, 0.3) is 0 Å². The van der Waals surface area contributed by atoms with Crippen molar-refractivity contribution < 1.29 is 23.8 Å². The maximum atomic E-state index is 12.2. The molecule has 0 atom stereocenters. The number of carboxylic acids is 1. The van der Waals surface area contributed by atoms with Gasteiger partial charge in [-0.1, -0.05) is 0 Å². The van der Waals surface area contributed by atoms with Gasteiger partial charge in [0.05, 0.1) is 24.8 Å². The Kier molecular flexibility index (Phi) is 4.73. The van der Waals surface area contributed by atoms with Crippen molar-refractivity contribution in [2.45, 2.75) is 32.3 Å². The monoisotopic (exact) mass is 282 g/mol. The highest BCUT2D eigenvalue weighted by Crippen LogP contribution is 2.17. The van der Waals surface area contributed by atoms with Crippen molar-refractivity contribution >= 4 is 11.9 Å². The molecule has 0 spiro atoms. The topological polar surface area (TPSA) is 92.9 Å². The molecule has 7 heteroatoms. The molecule has 1 aromatic heterocycles. The van der Waals surface area contributed by atoms with E-state index in [-0.39, 0.29) is 30.8 Å². The van der Waals surface area contributed by atoms with E-state index in [4.69, 9.17) is 14.3 Å². The highest BCUT2D eigenvalue weighted by Gasteiger charge is 2.26. The van der Waals surface area contributed by atoms with Gasteiger partial charge in [0, 0.05) is 13.1 Å². The summed E-state index contributed by atoms with van der Waals surface area (Å²) in [6, 6.07) is 0. The molecule has 2 rings (SSSR count). The number of carboxylic acid groups (broad SMARTS) is 1. The van der Waals surface area contributed by atoms with Gasteiger partial charge in [-0.25, -0.2) is 4.98 Å². The van der Waals surface area contributed by atoms with E-state index in [9.17, 15) is 9.59 Å². The van der Waals surface area contributed by atoms with Gasteiger partial charge in [0.2, 0.25) is 5.76 Å². The summed E-state index contributed by atoms with van der Waals surface area (Å²) < 4.78 is 10.6. The van der Waals surface area contributed by atoms with Crippen LogP contribution in [-0.4, -0.2) is 52.7 Å². The van der Waals surface area contributed by atoms with E-state index in [1.807, 2.05) is 0 Å². The van der Waals surface area contributed by atoms with Crippen LogP contribution in [-0.2, 0) is 9.53 Å². The third-order valence-corrected chi connectivity index (χ3v) is 3.34. The average Bonchev–Trinajstić information content (AvgIpc) is 2.84. The molecule has 0 aromatic carbocycles. The van der Waals surface area contributed by atoms with Gasteiger partial charge in [0.1, 0.15) is 0 Å². The van der Waals surface area contributed by atoms with E-state index in [0.29, 0.717) is 31.6 Å². The molecule has 7 nitrogen and oxygen atoms in total. The first kappa shape index (κ1) is 14.5. The fourth-order valence-corrected chi connectivity index (χ4v) is 2.19. The second-order valence-electron chi connectivity index (χ2n) is 4.77. The molecule has 1 aromatic rings. The lowest BCUT2D eigenvalue weighted by atomic mass is 10.1. The number of likely N-dealkylation sites (tertiary alicyclic amines) is 1. The molecule has 0 unspecified atom stereocenters. The summed E-state index contributed by atoms with van der Waals surface area (Å²) in [4.78, 5) is 28.2. The van der Waals surface area contributed by atoms with Crippen molar-refractivity contribution in [3.8, 4) is 0 Å². The summed E-state index contributed by atoms with van der Waals surface area (Å²) in [5.74, 6) is -0.724. The smallest absolute Gasteiger partial charge is 0.305 e. The van der Waals surface area contributed by atoms with Crippen molar-refractivity contribution in [3.63, 3.8) is 0 Å². The number of piperidine rings is 1. The second kappa shape index (κ2) is 6.51. The lowest BCUT2D eigenvalue weighted by molar-refractivity contribution is -0.138. The minimum Gasteiger partial charge on any atom is -0.481 e. The summed E-state index contributed by atoms with van der Waals surface area (Å²) in [6.45, 7) is 3.11. The molecule has 110 valence electrons. The standard InChI is InChI=1S/C13H18N2O5/c1-9-12(20-8-14-9)13(18)15-5-2-10(3-6-15)19-7-4-11(16)17/h8,10H,2-7H2,1H3,(H,16,17). The number of carbonyl (C=O) groups excluding carboxylic acids is 1. The fourth-order valence-electron chi connectivity index (χ4n) is 2.19. The first-order valence-corrected chi connectivity index (χ1v) is 6.60. The summed E-state index contributed by atoms with van der Waals surface area (Å²) in [6.07, 6.45) is 2.71. The van der Waals surface area contributed by atoms with Gasteiger partial charge < -0.3 is 19.2 Å². The predicted octanol–water partition coefficient (Wildman–Crippen LogP) is 1.08. The van der Waals surface area contributed by atoms with Crippen LogP contribution in [0.1, 0.15) is 35.5 Å². The van der Waals surface area contributed by atoms with Gasteiger partial charge in [-0.2, -0.15) is 0 Å². The minimum absolute atomic E-state index is 0.0103. The van der Waals surface area contributed by atoms with Gasteiger partial charge in [0.25, 0.3) is 5.91 Å². The van der Waals surface area contributed by atoms with Crippen molar-refractivity contribution in [3.05, 3.63) is 17.8 Å². The van der Waals surface area contributed by atoms with Gasteiger partial charge >= 0.3 is 5.97 Å². The van der Waals surface area contributed by atoms with Crippen molar-refractivity contribution in [1.29, 1.82) is 0 Å². The normalized spacial score (nSPS) is 16.4. The van der Waals surface area contributed by atoms with E-state index in [1.165, 1.54) is 6.39 Å². The van der Waals surface area contributed by atoms with E-state index in [2.05, 4.69) is 4.98 Å². The molecule has 1 amide bonds. The molecule has 20 heavy (non-hydrogen) atoms. The maximum absolute atomic E-state index is 12.2. The summed E-state index contributed by atoms with van der Waals surface area (Å²) >= 11 is 0. The molecular weight excluding hydrogens is 264 g/mol. The SMILES string of the molecule is Cc1ncoc1C(=O)N1CCC(OCCC(=O)O)CC1. The van der Waals surface area contributed by atoms with Gasteiger partial charge in [-0.3, -0.25) is 9.59 Å². The lowest BCUT2D eigenvalue weighted by Gasteiger charge is -2.31. The van der Waals surface area contributed by atoms with Crippen molar-refractivity contribution in [2.75, 3.05) is 19.7 Å². The second-order valence-corrected chi connectivity index (χ2v) is 4.77. The molecule has 1 N–H and O–H groups in total. The van der Waals surface area contributed by atoms with Crippen molar-refractivity contribution in [2.24, 2.45) is 0 Å². The van der Waals surface area contributed by atoms with E-state index in [1.54, 1.807) is 11.8 Å². The number of aliphatic carboxylic acids is 1. The summed E-state index contributed by atoms with van der Waals surface area (Å²) in [7, 11) is 0. The van der Waals surface area contributed by atoms with E-state index >= 15 is 0 Å². The number of aromatic nitrogens is 1. The number of hydrogen-bond donors (Lipinski definition) is 1. The molecule has 1 fully saturated rings. The van der Waals surface area contributed by atoms with Crippen LogP contribution in [0.2, 0.25) is 0 Å². The molecule has 0 radical (unpaired) electrons. The zero-order chi connectivity index (χ0) is 14.5. The Hall–Kier alpha value is -1.89. The predicted molar refractivity (Wildman–Crippen MR) is 68.4 cm³/mol. The van der Waals surface area contributed by atoms with Crippen LogP contribution in [0.4, 0.5) is 0 Å². The number of rotatable bonds is 5. The fraction of sp³-hybridized carbons (Fsp3) is 0.615. The average molecular weight is 282 g/mol. The van der Waals surface area contributed by atoms with Crippen LogP contribution < -0.4 is 0 Å². The Labute approximate surface area is 116 Å². The Bertz CT molecular complexity index is 477. The quantitative estimate of drug-likeness (QED) is 0.868. The summed E-state index contributed by atoms with van der Waals surface area (Å²) in [5.41, 5.74) is 0.592. The van der Waals surface area contributed by atoms with E-state index in [0.717, 1.165) is 0 Å². The number of aryl methyl sites for hydroxylation is 1. The minimum atomic E-state index is -0.863. The van der Waals surface area contributed by atoms with Crippen molar-refractivity contribution in [1.82, 2.24) is 9.88 Å². The Balaban J connectivity index is 1.78. The van der Waals surface area contributed by atoms with Gasteiger partial charge in [0.15, 0.2) is 6.39 Å². The molecule has 2 heterocycles. The van der Waals surface area contributed by atoms with Crippen LogP contribution in [0.3, 0.4) is 0 Å². The number of hydrogen-bond acceptors (Lipinski definition) is 5.